The fourth-order valence-electron chi connectivity index (χ4n) is 2.83. The van der Waals surface area contributed by atoms with Gasteiger partial charge in [0.1, 0.15) is 5.75 Å². The second kappa shape index (κ2) is 9.32. The second-order valence-corrected chi connectivity index (χ2v) is 8.54. The van der Waals surface area contributed by atoms with Gasteiger partial charge in [0.15, 0.2) is 0 Å². The monoisotopic (exact) mass is 428 g/mol. The Morgan fingerprint density at radius 2 is 1.93 bits per heavy atom. The maximum Gasteiger partial charge on any atom is 0.259 e. The minimum atomic E-state index is 0.169. The Balaban J connectivity index is 1.37. The van der Waals surface area contributed by atoms with Gasteiger partial charge in [-0.05, 0) is 36.4 Å². The van der Waals surface area contributed by atoms with Crippen molar-refractivity contribution in [3.63, 3.8) is 0 Å². The SMILES string of the molecule is COc1ccc(-c2noc(-c3ccc(SCC(=O)N4CCSCC4)nc3)n2)cc1. The number of carbonyl (C=O) groups is 1. The van der Waals surface area contributed by atoms with E-state index < -0.39 is 0 Å². The summed E-state index contributed by atoms with van der Waals surface area (Å²) in [5.41, 5.74) is 1.58. The molecule has 1 saturated heterocycles. The predicted octanol–water partition coefficient (Wildman–Crippen LogP) is 3.47. The van der Waals surface area contributed by atoms with Crippen molar-refractivity contribution < 1.29 is 14.1 Å². The molecule has 0 radical (unpaired) electrons. The Hall–Kier alpha value is -2.52. The molecule has 0 N–H and O–H groups in total. The number of rotatable bonds is 6. The van der Waals surface area contributed by atoms with Crippen molar-refractivity contribution in [1.82, 2.24) is 20.0 Å². The van der Waals surface area contributed by atoms with Gasteiger partial charge in [0.05, 0.1) is 23.5 Å². The molecule has 0 spiro atoms. The topological polar surface area (TPSA) is 81.4 Å². The summed E-state index contributed by atoms with van der Waals surface area (Å²) in [6.07, 6.45) is 1.69. The summed E-state index contributed by atoms with van der Waals surface area (Å²) < 4.78 is 10.5. The molecule has 0 bridgehead atoms. The van der Waals surface area contributed by atoms with Crippen molar-refractivity contribution in [3.05, 3.63) is 42.6 Å². The van der Waals surface area contributed by atoms with Crippen molar-refractivity contribution in [3.8, 4) is 28.6 Å². The van der Waals surface area contributed by atoms with Gasteiger partial charge in [0.2, 0.25) is 11.7 Å². The number of amides is 1. The number of thioether (sulfide) groups is 2. The van der Waals surface area contributed by atoms with E-state index in [4.69, 9.17) is 9.26 Å². The molecule has 0 unspecified atom stereocenters. The molecule has 1 aromatic carbocycles. The Morgan fingerprint density at radius 3 is 2.62 bits per heavy atom. The first-order chi connectivity index (χ1) is 14.2. The normalized spacial score (nSPS) is 14.0. The van der Waals surface area contributed by atoms with Gasteiger partial charge >= 0.3 is 0 Å². The zero-order valence-electron chi connectivity index (χ0n) is 15.9. The first kappa shape index (κ1) is 19.8. The van der Waals surface area contributed by atoms with Gasteiger partial charge in [-0.3, -0.25) is 4.79 Å². The van der Waals surface area contributed by atoms with E-state index in [-0.39, 0.29) is 5.91 Å². The quantitative estimate of drug-likeness (QED) is 0.552. The summed E-state index contributed by atoms with van der Waals surface area (Å²) in [6, 6.07) is 11.2. The van der Waals surface area contributed by atoms with Crippen LogP contribution < -0.4 is 4.74 Å². The molecule has 3 aromatic rings. The van der Waals surface area contributed by atoms with Crippen LogP contribution in [0.25, 0.3) is 22.8 Å². The highest BCUT2D eigenvalue weighted by atomic mass is 32.2. The first-order valence-corrected chi connectivity index (χ1v) is 11.3. The summed E-state index contributed by atoms with van der Waals surface area (Å²) >= 11 is 3.34. The molecule has 1 amide bonds. The Kier molecular flexibility index (Phi) is 6.36. The van der Waals surface area contributed by atoms with Crippen LogP contribution in [0.15, 0.2) is 52.1 Å². The van der Waals surface area contributed by atoms with Crippen molar-refractivity contribution in [2.75, 3.05) is 37.5 Å². The first-order valence-electron chi connectivity index (χ1n) is 9.16. The number of nitrogens with zero attached hydrogens (tertiary/aromatic N) is 4. The van der Waals surface area contributed by atoms with Crippen molar-refractivity contribution >= 4 is 29.4 Å². The minimum Gasteiger partial charge on any atom is -0.497 e. The number of hydrogen-bond acceptors (Lipinski definition) is 8. The van der Waals surface area contributed by atoms with Gasteiger partial charge in [-0.1, -0.05) is 16.9 Å². The number of methoxy groups -OCH3 is 1. The van der Waals surface area contributed by atoms with Crippen LogP contribution in [0.5, 0.6) is 5.75 Å². The molecular formula is C20H20N4O3S2. The third-order valence-corrected chi connectivity index (χ3v) is 6.34. The molecule has 0 aliphatic carbocycles. The number of aromatic nitrogens is 3. The molecule has 2 aromatic heterocycles. The van der Waals surface area contributed by atoms with Crippen LogP contribution in [-0.2, 0) is 4.79 Å². The maximum absolute atomic E-state index is 12.3. The van der Waals surface area contributed by atoms with E-state index in [1.807, 2.05) is 53.1 Å². The van der Waals surface area contributed by atoms with Crippen LogP contribution >= 0.6 is 23.5 Å². The summed E-state index contributed by atoms with van der Waals surface area (Å²) in [4.78, 5) is 23.1. The average Bonchev–Trinajstić information content (AvgIpc) is 3.29. The largest absolute Gasteiger partial charge is 0.497 e. The highest BCUT2D eigenvalue weighted by Crippen LogP contribution is 2.25. The Bertz CT molecular complexity index is 955. The lowest BCUT2D eigenvalue weighted by Gasteiger charge is -2.26. The predicted molar refractivity (Wildman–Crippen MR) is 114 cm³/mol. The fraction of sp³-hybridized carbons (Fsp3) is 0.300. The molecule has 0 saturated carbocycles. The van der Waals surface area contributed by atoms with Crippen LogP contribution in [0.3, 0.4) is 0 Å². The van der Waals surface area contributed by atoms with Crippen LogP contribution in [0.1, 0.15) is 0 Å². The molecule has 150 valence electrons. The van der Waals surface area contributed by atoms with E-state index in [0.717, 1.165) is 46.5 Å². The number of hydrogen-bond donors (Lipinski definition) is 0. The number of benzene rings is 1. The average molecular weight is 429 g/mol. The van der Waals surface area contributed by atoms with Crippen LogP contribution in [-0.4, -0.2) is 63.4 Å². The molecule has 4 rings (SSSR count). The lowest BCUT2D eigenvalue weighted by molar-refractivity contribution is -0.127. The van der Waals surface area contributed by atoms with Gasteiger partial charge < -0.3 is 14.2 Å². The summed E-state index contributed by atoms with van der Waals surface area (Å²) in [5, 5.41) is 4.84. The van der Waals surface area contributed by atoms with Crippen LogP contribution in [0, 0.1) is 0 Å². The van der Waals surface area contributed by atoms with Crippen molar-refractivity contribution in [2.45, 2.75) is 5.03 Å². The minimum absolute atomic E-state index is 0.169. The second-order valence-electron chi connectivity index (χ2n) is 6.32. The Morgan fingerprint density at radius 1 is 1.17 bits per heavy atom. The number of ether oxygens (including phenoxy) is 1. The molecule has 1 fully saturated rings. The van der Waals surface area contributed by atoms with Crippen molar-refractivity contribution in [1.29, 1.82) is 0 Å². The van der Waals surface area contributed by atoms with E-state index in [1.54, 1.807) is 13.3 Å². The molecule has 0 atom stereocenters. The van der Waals surface area contributed by atoms with Gasteiger partial charge in [0, 0.05) is 36.4 Å². The van der Waals surface area contributed by atoms with Gasteiger partial charge in [0.25, 0.3) is 5.89 Å². The van der Waals surface area contributed by atoms with E-state index in [9.17, 15) is 4.79 Å². The number of carbonyl (C=O) groups excluding carboxylic acids is 1. The molecular weight excluding hydrogens is 408 g/mol. The van der Waals surface area contributed by atoms with E-state index in [0.29, 0.717) is 17.5 Å². The highest BCUT2D eigenvalue weighted by molar-refractivity contribution is 8.00. The third-order valence-electron chi connectivity index (χ3n) is 4.46. The highest BCUT2D eigenvalue weighted by Gasteiger charge is 2.17. The van der Waals surface area contributed by atoms with Gasteiger partial charge in [-0.25, -0.2) is 4.98 Å². The number of pyridine rings is 1. The fourth-order valence-corrected chi connectivity index (χ4v) is 4.48. The van der Waals surface area contributed by atoms with Crippen LogP contribution in [0.2, 0.25) is 0 Å². The molecule has 1 aliphatic heterocycles. The molecule has 1 aliphatic rings. The van der Waals surface area contributed by atoms with Crippen LogP contribution in [0.4, 0.5) is 0 Å². The summed E-state index contributed by atoms with van der Waals surface area (Å²) in [7, 11) is 1.62. The van der Waals surface area contributed by atoms with E-state index in [1.165, 1.54) is 11.8 Å². The van der Waals surface area contributed by atoms with Gasteiger partial charge in [-0.15, -0.1) is 0 Å². The molecule has 9 heteroatoms. The van der Waals surface area contributed by atoms with E-state index in [2.05, 4.69) is 15.1 Å². The lowest BCUT2D eigenvalue weighted by Crippen LogP contribution is -2.38. The molecule has 29 heavy (non-hydrogen) atoms. The van der Waals surface area contributed by atoms with Gasteiger partial charge in [-0.2, -0.15) is 16.7 Å². The Labute approximate surface area is 177 Å². The maximum atomic E-state index is 12.3. The summed E-state index contributed by atoms with van der Waals surface area (Å²) in [5.74, 6) is 4.29. The molecule has 7 nitrogen and oxygen atoms in total. The van der Waals surface area contributed by atoms with Crippen molar-refractivity contribution in [2.24, 2.45) is 0 Å². The molecule has 3 heterocycles. The van der Waals surface area contributed by atoms with E-state index >= 15 is 0 Å². The standard InChI is InChI=1S/C20H20N4O3S2/c1-26-16-5-2-14(3-6-16)19-22-20(27-23-19)15-4-7-17(21-12-15)29-13-18(25)24-8-10-28-11-9-24/h2-7,12H,8-11,13H2,1H3. The zero-order valence-corrected chi connectivity index (χ0v) is 17.5. The smallest absolute Gasteiger partial charge is 0.259 e. The third kappa shape index (κ3) is 4.91. The lowest BCUT2D eigenvalue weighted by atomic mass is 10.2. The summed E-state index contributed by atoms with van der Waals surface area (Å²) in [6.45, 7) is 1.67. The zero-order chi connectivity index (χ0) is 20.1.